The zero-order valence-electron chi connectivity index (χ0n) is 22.6. The minimum absolute atomic E-state index is 0.122. The van der Waals surface area contributed by atoms with Crippen LogP contribution in [0.25, 0.3) is 6.08 Å². The van der Waals surface area contributed by atoms with Crippen LogP contribution in [-0.4, -0.2) is 30.1 Å². The van der Waals surface area contributed by atoms with Gasteiger partial charge >= 0.3 is 0 Å². The topological polar surface area (TPSA) is 96.5 Å². The maximum Gasteiger partial charge on any atom is 0.272 e. The van der Waals surface area contributed by atoms with Gasteiger partial charge in [-0.3, -0.25) is 14.4 Å². The van der Waals surface area contributed by atoms with Crippen molar-refractivity contribution in [1.29, 1.82) is 0 Å². The third-order valence-electron chi connectivity index (χ3n) is 5.75. The molecule has 3 N–H and O–H groups in total. The van der Waals surface area contributed by atoms with Crippen molar-refractivity contribution in [1.82, 2.24) is 5.32 Å². The number of anilines is 2. The van der Waals surface area contributed by atoms with Gasteiger partial charge in [-0.05, 0) is 89.5 Å². The van der Waals surface area contributed by atoms with Crippen LogP contribution in [0.4, 0.5) is 11.4 Å². The number of thioether (sulfide) groups is 1. The zero-order valence-corrected chi connectivity index (χ0v) is 24.2. The van der Waals surface area contributed by atoms with Gasteiger partial charge in [-0.1, -0.05) is 37.6 Å². The molecule has 0 fully saturated rings. The second kappa shape index (κ2) is 15.4. The summed E-state index contributed by atoms with van der Waals surface area (Å²) in [5.41, 5.74) is 2.62. The summed E-state index contributed by atoms with van der Waals surface area (Å²) < 4.78 is 5.66. The van der Waals surface area contributed by atoms with Crippen LogP contribution in [0.1, 0.15) is 35.7 Å². The smallest absolute Gasteiger partial charge is 0.272 e. The van der Waals surface area contributed by atoms with Crippen LogP contribution in [0.5, 0.6) is 5.75 Å². The Bertz CT molecular complexity index is 1470. The number of rotatable bonds is 13. The molecule has 0 saturated heterocycles. The lowest BCUT2D eigenvalue weighted by Gasteiger charge is -2.12. The van der Waals surface area contributed by atoms with Gasteiger partial charge in [0.25, 0.3) is 11.8 Å². The molecule has 4 rings (SSSR count). The van der Waals surface area contributed by atoms with Gasteiger partial charge in [0.05, 0.1) is 12.4 Å². The molecular weight excluding hydrogens is 555 g/mol. The molecule has 4 aromatic rings. The molecular formula is C32H31N3O4S2. The maximum absolute atomic E-state index is 13.2. The molecule has 7 nitrogen and oxygen atoms in total. The molecule has 1 aromatic heterocycles. The van der Waals surface area contributed by atoms with Crippen LogP contribution < -0.4 is 20.7 Å². The Morgan fingerprint density at radius 1 is 0.902 bits per heavy atom. The molecule has 210 valence electrons. The Hall–Kier alpha value is -4.34. The van der Waals surface area contributed by atoms with E-state index in [1.807, 2.05) is 53.2 Å². The summed E-state index contributed by atoms with van der Waals surface area (Å²) in [7, 11) is 0. The Balaban J connectivity index is 1.34. The van der Waals surface area contributed by atoms with Crippen molar-refractivity contribution in [2.24, 2.45) is 0 Å². The predicted molar refractivity (Wildman–Crippen MR) is 167 cm³/mol. The van der Waals surface area contributed by atoms with E-state index in [9.17, 15) is 14.4 Å². The van der Waals surface area contributed by atoms with E-state index >= 15 is 0 Å². The number of ether oxygens (including phenoxy) is 1. The van der Waals surface area contributed by atoms with Crippen molar-refractivity contribution in [2.45, 2.75) is 24.7 Å². The summed E-state index contributed by atoms with van der Waals surface area (Å²) in [6.45, 7) is 2.79. The van der Waals surface area contributed by atoms with Crippen molar-refractivity contribution < 1.29 is 19.1 Å². The van der Waals surface area contributed by atoms with Gasteiger partial charge in [0.2, 0.25) is 5.91 Å². The zero-order chi connectivity index (χ0) is 28.9. The number of amides is 3. The van der Waals surface area contributed by atoms with E-state index in [1.54, 1.807) is 48.5 Å². The van der Waals surface area contributed by atoms with E-state index in [1.165, 1.54) is 23.1 Å². The number of nitrogens with one attached hydrogen (secondary N) is 3. The van der Waals surface area contributed by atoms with E-state index in [2.05, 4.69) is 22.9 Å². The maximum atomic E-state index is 13.2. The fraction of sp³-hybridized carbons (Fsp3) is 0.156. The third-order valence-corrected chi connectivity index (χ3v) is 7.44. The summed E-state index contributed by atoms with van der Waals surface area (Å²) in [6, 6.07) is 25.1. The monoisotopic (exact) mass is 585 g/mol. The molecule has 0 atom stereocenters. The van der Waals surface area contributed by atoms with Crippen LogP contribution in [0.15, 0.2) is 106 Å². The first-order valence-corrected chi connectivity index (χ1v) is 15.1. The molecule has 0 unspecified atom stereocenters. The Morgan fingerprint density at radius 2 is 1.71 bits per heavy atom. The summed E-state index contributed by atoms with van der Waals surface area (Å²) in [5, 5.41) is 12.3. The van der Waals surface area contributed by atoms with Crippen molar-refractivity contribution in [3.05, 3.63) is 113 Å². The number of thiophene rings is 1. The summed E-state index contributed by atoms with van der Waals surface area (Å²) in [5.74, 6) is -0.00665. The number of carbonyl (C=O) groups is 3. The van der Waals surface area contributed by atoms with Crippen molar-refractivity contribution in [3.8, 4) is 5.75 Å². The lowest BCUT2D eigenvalue weighted by molar-refractivity contribution is -0.114. The van der Waals surface area contributed by atoms with Gasteiger partial charge in [0.15, 0.2) is 0 Å². The van der Waals surface area contributed by atoms with Gasteiger partial charge in [-0.25, -0.2) is 0 Å². The van der Waals surface area contributed by atoms with Gasteiger partial charge in [0, 0.05) is 21.8 Å². The Labute approximate surface area is 248 Å². The number of unbranched alkanes of at least 4 members (excludes halogenated alkanes) is 1. The second-order valence-corrected chi connectivity index (χ2v) is 10.8. The standard InChI is InChI=1S/C32H31N3O4S2/c1-2-3-17-39-27-14-12-25(13-15-27)33-30(36)22-41-28-11-7-10-26(20-28)34-32(38)29(19-23-16-18-40-21-23)35-31(37)24-8-5-4-6-9-24/h4-16,18-21H,2-3,17,22H2,1H3,(H,33,36)(H,34,38)(H,35,37)/b29-19-. The number of hydrogen-bond donors (Lipinski definition) is 3. The Kier molecular flexibility index (Phi) is 11.2. The molecule has 0 bridgehead atoms. The van der Waals surface area contributed by atoms with E-state index in [4.69, 9.17) is 4.74 Å². The largest absolute Gasteiger partial charge is 0.494 e. The fourth-order valence-corrected chi connectivity index (χ4v) is 5.02. The second-order valence-electron chi connectivity index (χ2n) is 8.98. The summed E-state index contributed by atoms with van der Waals surface area (Å²) in [4.78, 5) is 39.3. The minimum atomic E-state index is -0.456. The minimum Gasteiger partial charge on any atom is -0.494 e. The Morgan fingerprint density at radius 3 is 2.44 bits per heavy atom. The average Bonchev–Trinajstić information content (AvgIpc) is 3.51. The highest BCUT2D eigenvalue weighted by atomic mass is 32.2. The van der Waals surface area contributed by atoms with E-state index < -0.39 is 5.91 Å². The van der Waals surface area contributed by atoms with Crippen LogP contribution in [0.2, 0.25) is 0 Å². The van der Waals surface area contributed by atoms with Crippen molar-refractivity contribution in [3.63, 3.8) is 0 Å². The summed E-state index contributed by atoms with van der Waals surface area (Å²) in [6.07, 6.45) is 3.71. The molecule has 3 amide bonds. The van der Waals surface area contributed by atoms with Crippen molar-refractivity contribution in [2.75, 3.05) is 23.0 Å². The molecule has 0 saturated carbocycles. The van der Waals surface area contributed by atoms with Crippen molar-refractivity contribution >= 4 is 58.3 Å². The fourth-order valence-electron chi connectivity index (χ4n) is 3.64. The summed E-state index contributed by atoms with van der Waals surface area (Å²) >= 11 is 2.85. The molecule has 0 aliphatic rings. The normalized spacial score (nSPS) is 11.0. The van der Waals surface area contributed by atoms with Crippen LogP contribution >= 0.6 is 23.1 Å². The van der Waals surface area contributed by atoms with E-state index in [0.29, 0.717) is 23.5 Å². The number of carbonyl (C=O) groups excluding carboxylic acids is 3. The highest BCUT2D eigenvalue weighted by molar-refractivity contribution is 8.00. The predicted octanol–water partition coefficient (Wildman–Crippen LogP) is 7.07. The SMILES string of the molecule is CCCCOc1ccc(NC(=O)CSc2cccc(NC(=O)/C(=C/c3ccsc3)NC(=O)c3ccccc3)c2)cc1. The highest BCUT2D eigenvalue weighted by Gasteiger charge is 2.15. The highest BCUT2D eigenvalue weighted by Crippen LogP contribution is 2.23. The van der Waals surface area contributed by atoms with Gasteiger partial charge in [0.1, 0.15) is 11.4 Å². The number of hydrogen-bond acceptors (Lipinski definition) is 6. The van der Waals surface area contributed by atoms with E-state index in [-0.39, 0.29) is 23.3 Å². The quantitative estimate of drug-likeness (QED) is 0.0886. The van der Waals surface area contributed by atoms with Gasteiger partial charge < -0.3 is 20.7 Å². The third kappa shape index (κ3) is 9.66. The lowest BCUT2D eigenvalue weighted by Crippen LogP contribution is -2.30. The number of benzene rings is 3. The van der Waals surface area contributed by atoms with Crippen LogP contribution in [0, 0.1) is 0 Å². The molecule has 0 spiro atoms. The molecule has 0 aliphatic carbocycles. The molecule has 41 heavy (non-hydrogen) atoms. The van der Waals surface area contributed by atoms with Gasteiger partial charge in [-0.15, -0.1) is 11.8 Å². The molecule has 9 heteroatoms. The molecule has 0 radical (unpaired) electrons. The molecule has 0 aliphatic heterocycles. The van der Waals surface area contributed by atoms with E-state index in [0.717, 1.165) is 29.1 Å². The van der Waals surface area contributed by atoms with Crippen LogP contribution in [-0.2, 0) is 9.59 Å². The first-order chi connectivity index (χ1) is 20.0. The van der Waals surface area contributed by atoms with Gasteiger partial charge in [-0.2, -0.15) is 11.3 Å². The van der Waals surface area contributed by atoms with Crippen LogP contribution in [0.3, 0.4) is 0 Å². The molecule has 1 heterocycles. The average molecular weight is 586 g/mol. The lowest BCUT2D eigenvalue weighted by atomic mass is 10.2. The first-order valence-electron chi connectivity index (χ1n) is 13.2. The first kappa shape index (κ1) is 29.6. The molecule has 3 aromatic carbocycles.